The molecule has 1 amide bonds. The molecular formula is C14H16ClFN2O3S. The van der Waals surface area contributed by atoms with E-state index in [2.05, 4.69) is 5.32 Å². The van der Waals surface area contributed by atoms with Crippen LogP contribution in [0.2, 0.25) is 5.02 Å². The van der Waals surface area contributed by atoms with Crippen molar-refractivity contribution < 1.29 is 17.6 Å². The van der Waals surface area contributed by atoms with Crippen LogP contribution in [0.3, 0.4) is 0 Å². The standard InChI is InChI=1S/C14H16ClFN2O3S/c15-11-8-10(2-3-12(11)16)22(20,21)18-7-5-14(9-18)4-1-6-17-13(14)19/h2-3,8H,1,4-7,9H2,(H,17,19)/t14-/m0/s1. The third kappa shape index (κ3) is 2.51. The van der Waals surface area contributed by atoms with Crippen molar-refractivity contribution in [1.29, 1.82) is 0 Å². The molecule has 5 nitrogen and oxygen atoms in total. The smallest absolute Gasteiger partial charge is 0.243 e. The van der Waals surface area contributed by atoms with Gasteiger partial charge in [-0.2, -0.15) is 4.31 Å². The summed E-state index contributed by atoms with van der Waals surface area (Å²) in [5.74, 6) is -0.737. The van der Waals surface area contributed by atoms with Crippen LogP contribution in [0.25, 0.3) is 0 Å². The van der Waals surface area contributed by atoms with E-state index in [-0.39, 0.29) is 28.9 Å². The van der Waals surface area contributed by atoms with Crippen molar-refractivity contribution in [3.05, 3.63) is 29.0 Å². The van der Waals surface area contributed by atoms with Gasteiger partial charge in [0.25, 0.3) is 0 Å². The van der Waals surface area contributed by atoms with E-state index in [1.54, 1.807) is 0 Å². The van der Waals surface area contributed by atoms with Gasteiger partial charge in [-0.05, 0) is 37.5 Å². The Bertz CT molecular complexity index is 725. The van der Waals surface area contributed by atoms with Gasteiger partial charge >= 0.3 is 0 Å². The van der Waals surface area contributed by atoms with Crippen molar-refractivity contribution >= 4 is 27.5 Å². The summed E-state index contributed by atoms with van der Waals surface area (Å²) in [6, 6.07) is 3.34. The molecule has 1 spiro atoms. The molecular weight excluding hydrogens is 331 g/mol. The lowest BCUT2D eigenvalue weighted by atomic mass is 9.79. The number of sulfonamides is 1. The van der Waals surface area contributed by atoms with E-state index >= 15 is 0 Å². The summed E-state index contributed by atoms with van der Waals surface area (Å²) in [4.78, 5) is 12.1. The predicted molar refractivity (Wildman–Crippen MR) is 79.5 cm³/mol. The topological polar surface area (TPSA) is 66.5 Å². The number of hydrogen-bond donors (Lipinski definition) is 1. The molecule has 0 radical (unpaired) electrons. The first-order chi connectivity index (χ1) is 10.3. The summed E-state index contributed by atoms with van der Waals surface area (Å²) in [6.07, 6.45) is 2.05. The molecule has 120 valence electrons. The monoisotopic (exact) mass is 346 g/mol. The maximum atomic E-state index is 13.2. The zero-order chi connectivity index (χ0) is 16.0. The molecule has 2 saturated heterocycles. The largest absolute Gasteiger partial charge is 0.356 e. The molecule has 2 aliphatic rings. The number of carbonyl (C=O) groups excluding carboxylic acids is 1. The minimum Gasteiger partial charge on any atom is -0.356 e. The maximum Gasteiger partial charge on any atom is 0.243 e. The molecule has 0 aliphatic carbocycles. The number of piperidine rings is 1. The highest BCUT2D eigenvalue weighted by Gasteiger charge is 2.48. The zero-order valence-electron chi connectivity index (χ0n) is 11.8. The molecule has 0 bridgehead atoms. The molecule has 0 unspecified atom stereocenters. The van der Waals surface area contributed by atoms with Crippen LogP contribution >= 0.6 is 11.6 Å². The second-order valence-electron chi connectivity index (χ2n) is 5.80. The number of nitrogens with zero attached hydrogens (tertiary/aromatic N) is 1. The van der Waals surface area contributed by atoms with Crippen molar-refractivity contribution in [2.75, 3.05) is 19.6 Å². The summed E-state index contributed by atoms with van der Waals surface area (Å²) in [7, 11) is -3.77. The molecule has 2 fully saturated rings. The average molecular weight is 347 g/mol. The van der Waals surface area contributed by atoms with E-state index in [9.17, 15) is 17.6 Å². The van der Waals surface area contributed by atoms with Crippen molar-refractivity contribution in [3.8, 4) is 0 Å². The first-order valence-electron chi connectivity index (χ1n) is 7.09. The quantitative estimate of drug-likeness (QED) is 0.887. The van der Waals surface area contributed by atoms with Crippen molar-refractivity contribution in [2.24, 2.45) is 5.41 Å². The Morgan fingerprint density at radius 2 is 2.09 bits per heavy atom. The molecule has 0 saturated carbocycles. The van der Waals surface area contributed by atoms with Crippen molar-refractivity contribution in [3.63, 3.8) is 0 Å². The summed E-state index contributed by atoms with van der Waals surface area (Å²) in [6.45, 7) is 1.09. The molecule has 22 heavy (non-hydrogen) atoms. The molecule has 1 atom stereocenters. The first kappa shape index (κ1) is 15.7. The fraction of sp³-hybridized carbons (Fsp3) is 0.500. The van der Waals surface area contributed by atoms with E-state index in [4.69, 9.17) is 11.6 Å². The normalized spacial score (nSPS) is 26.4. The fourth-order valence-electron chi connectivity index (χ4n) is 3.15. The second kappa shape index (κ2) is 5.47. The van der Waals surface area contributed by atoms with Gasteiger partial charge in [0.2, 0.25) is 15.9 Å². The lowest BCUT2D eigenvalue weighted by Crippen LogP contribution is -2.47. The first-order valence-corrected chi connectivity index (χ1v) is 8.90. The van der Waals surface area contributed by atoms with Crippen LogP contribution in [0.15, 0.2) is 23.1 Å². The highest BCUT2D eigenvalue weighted by atomic mass is 35.5. The minimum absolute atomic E-state index is 0.0489. The molecule has 3 rings (SSSR count). The van der Waals surface area contributed by atoms with Crippen LogP contribution in [-0.2, 0) is 14.8 Å². The van der Waals surface area contributed by atoms with E-state index in [1.165, 1.54) is 10.4 Å². The van der Waals surface area contributed by atoms with Gasteiger partial charge in [0.15, 0.2) is 0 Å². The summed E-state index contributed by atoms with van der Waals surface area (Å²) < 4.78 is 39.8. The Balaban J connectivity index is 1.88. The zero-order valence-corrected chi connectivity index (χ0v) is 13.4. The average Bonchev–Trinajstić information content (AvgIpc) is 2.91. The number of halogens is 2. The van der Waals surface area contributed by atoms with E-state index < -0.39 is 21.3 Å². The van der Waals surface area contributed by atoms with Crippen molar-refractivity contribution in [2.45, 2.75) is 24.2 Å². The molecule has 8 heteroatoms. The van der Waals surface area contributed by atoms with Crippen LogP contribution in [0.4, 0.5) is 4.39 Å². The molecule has 1 aromatic rings. The SMILES string of the molecule is O=C1NCCC[C@@]12CCN(S(=O)(=O)c1ccc(F)c(Cl)c1)C2. The second-order valence-corrected chi connectivity index (χ2v) is 8.15. The molecule has 2 heterocycles. The summed E-state index contributed by atoms with van der Waals surface area (Å²) in [5.41, 5.74) is -0.630. The van der Waals surface area contributed by atoms with Gasteiger partial charge < -0.3 is 5.32 Å². The fourth-order valence-corrected chi connectivity index (χ4v) is 4.94. The third-order valence-corrected chi connectivity index (χ3v) is 6.58. The van der Waals surface area contributed by atoms with E-state index in [0.29, 0.717) is 19.4 Å². The Morgan fingerprint density at radius 3 is 2.77 bits per heavy atom. The lowest BCUT2D eigenvalue weighted by Gasteiger charge is -2.32. The number of amides is 1. The van der Waals surface area contributed by atoms with Gasteiger partial charge in [-0.3, -0.25) is 4.79 Å². The Morgan fingerprint density at radius 1 is 1.32 bits per heavy atom. The Kier molecular flexibility index (Phi) is 3.91. The maximum absolute atomic E-state index is 13.2. The Labute approximate surface area is 133 Å². The summed E-state index contributed by atoms with van der Waals surface area (Å²) >= 11 is 5.67. The van der Waals surface area contributed by atoms with Crippen molar-refractivity contribution in [1.82, 2.24) is 9.62 Å². The van der Waals surface area contributed by atoms with E-state index in [0.717, 1.165) is 18.6 Å². The van der Waals surface area contributed by atoms with E-state index in [1.807, 2.05) is 0 Å². The number of carbonyl (C=O) groups is 1. The highest BCUT2D eigenvalue weighted by Crippen LogP contribution is 2.39. The van der Waals surface area contributed by atoms with Gasteiger partial charge in [-0.1, -0.05) is 11.6 Å². The number of rotatable bonds is 2. The number of hydrogen-bond acceptors (Lipinski definition) is 3. The third-order valence-electron chi connectivity index (χ3n) is 4.45. The van der Waals surface area contributed by atoms with Gasteiger partial charge in [0, 0.05) is 19.6 Å². The Hall–Kier alpha value is -1.18. The highest BCUT2D eigenvalue weighted by molar-refractivity contribution is 7.89. The number of nitrogens with one attached hydrogen (secondary N) is 1. The summed E-state index contributed by atoms with van der Waals surface area (Å²) in [5, 5.41) is 2.58. The van der Waals surface area contributed by atoms with Crippen LogP contribution < -0.4 is 5.32 Å². The predicted octanol–water partition coefficient (Wildman–Crippen LogP) is 1.77. The molecule has 1 N–H and O–H groups in total. The van der Waals surface area contributed by atoms with Gasteiger partial charge in [-0.25, -0.2) is 12.8 Å². The van der Waals surface area contributed by atoms with Crippen LogP contribution in [0.5, 0.6) is 0 Å². The minimum atomic E-state index is -3.77. The molecule has 0 aromatic heterocycles. The number of benzene rings is 1. The molecule has 2 aliphatic heterocycles. The van der Waals surface area contributed by atoms with Gasteiger partial charge in [0.1, 0.15) is 5.82 Å². The van der Waals surface area contributed by atoms with Crippen LogP contribution in [0.1, 0.15) is 19.3 Å². The van der Waals surface area contributed by atoms with Crippen LogP contribution in [0, 0.1) is 11.2 Å². The molecule has 1 aromatic carbocycles. The lowest BCUT2D eigenvalue weighted by molar-refractivity contribution is -0.132. The van der Waals surface area contributed by atoms with Gasteiger partial charge in [-0.15, -0.1) is 0 Å². The van der Waals surface area contributed by atoms with Crippen LogP contribution in [-0.4, -0.2) is 38.3 Å². The van der Waals surface area contributed by atoms with Gasteiger partial charge in [0.05, 0.1) is 15.3 Å².